The van der Waals surface area contributed by atoms with Crippen LogP contribution < -0.4 is 4.74 Å². The molecule has 94 valence electrons. The Balaban J connectivity index is 3.06. The van der Waals surface area contributed by atoms with E-state index in [9.17, 15) is 4.79 Å². The molecule has 1 aromatic rings. The molecule has 1 rings (SSSR count). The number of benzene rings is 1. The first-order valence-electron chi connectivity index (χ1n) is 5.28. The van der Waals surface area contributed by atoms with Crippen molar-refractivity contribution in [2.24, 2.45) is 0 Å². The highest BCUT2D eigenvalue weighted by Gasteiger charge is 2.22. The number of hydrogen-bond donors (Lipinski definition) is 1. The maximum Gasteiger partial charge on any atom is 0.325 e. The summed E-state index contributed by atoms with van der Waals surface area (Å²) in [5.41, 5.74) is 0.635. The molecule has 17 heavy (non-hydrogen) atoms. The monoisotopic (exact) mass is 257 g/mol. The topological polar surface area (TPSA) is 49.8 Å². The number of carboxylic acids is 1. The lowest BCUT2D eigenvalue weighted by atomic mass is 10.1. The second-order valence-electron chi connectivity index (χ2n) is 3.83. The van der Waals surface area contributed by atoms with Crippen molar-refractivity contribution < 1.29 is 14.6 Å². The van der Waals surface area contributed by atoms with Crippen LogP contribution in [-0.2, 0) is 4.79 Å². The summed E-state index contributed by atoms with van der Waals surface area (Å²) in [4.78, 5) is 12.8. The third-order valence-corrected chi connectivity index (χ3v) is 2.62. The summed E-state index contributed by atoms with van der Waals surface area (Å²) < 4.78 is 5.30. The molecule has 0 heterocycles. The quantitative estimate of drug-likeness (QED) is 0.880. The lowest BCUT2D eigenvalue weighted by Gasteiger charge is -2.21. The summed E-state index contributed by atoms with van der Waals surface area (Å²) in [7, 11) is 3.42. The number of aliphatic carboxylic acids is 1. The summed E-state index contributed by atoms with van der Waals surface area (Å²) in [5, 5.41) is 9.57. The molecule has 0 saturated heterocycles. The van der Waals surface area contributed by atoms with Gasteiger partial charge in [0.25, 0.3) is 0 Å². The molecule has 1 N–H and O–H groups in total. The summed E-state index contributed by atoms with van der Waals surface area (Å²) >= 11 is 6.03. The van der Waals surface area contributed by atoms with Gasteiger partial charge in [-0.3, -0.25) is 9.69 Å². The Morgan fingerprint density at radius 1 is 1.53 bits per heavy atom. The molecule has 0 saturated carbocycles. The molecule has 5 heteroatoms. The van der Waals surface area contributed by atoms with Crippen molar-refractivity contribution in [3.05, 3.63) is 28.8 Å². The highest BCUT2D eigenvalue weighted by molar-refractivity contribution is 6.32. The molecule has 0 aliphatic carbocycles. The third kappa shape index (κ3) is 3.35. The lowest BCUT2D eigenvalue weighted by Crippen LogP contribution is -2.27. The van der Waals surface area contributed by atoms with E-state index in [0.29, 0.717) is 22.9 Å². The fraction of sp³-hybridized carbons (Fsp3) is 0.417. The van der Waals surface area contributed by atoms with Gasteiger partial charge in [0, 0.05) is 0 Å². The van der Waals surface area contributed by atoms with Crippen LogP contribution in [0.4, 0.5) is 0 Å². The van der Waals surface area contributed by atoms with Crippen LogP contribution >= 0.6 is 11.6 Å². The van der Waals surface area contributed by atoms with E-state index in [-0.39, 0.29) is 0 Å². The average Bonchev–Trinajstić information content (AvgIpc) is 2.21. The molecule has 0 bridgehead atoms. The zero-order chi connectivity index (χ0) is 13.0. The van der Waals surface area contributed by atoms with E-state index in [1.165, 1.54) is 0 Å². The zero-order valence-electron chi connectivity index (χ0n) is 10.1. The fourth-order valence-corrected chi connectivity index (χ4v) is 1.86. The molecule has 1 atom stereocenters. The van der Waals surface area contributed by atoms with Gasteiger partial charge in [-0.1, -0.05) is 17.7 Å². The van der Waals surface area contributed by atoms with Gasteiger partial charge in [0.15, 0.2) is 0 Å². The molecule has 0 fully saturated rings. The van der Waals surface area contributed by atoms with Crippen molar-refractivity contribution in [3.63, 3.8) is 0 Å². The van der Waals surface area contributed by atoms with E-state index in [2.05, 4.69) is 0 Å². The van der Waals surface area contributed by atoms with Crippen LogP contribution in [0.25, 0.3) is 0 Å². The maximum absolute atomic E-state index is 11.1. The standard InChI is InChI=1S/C12H16ClNO3/c1-4-17-10-6-5-8(7-9(10)13)11(12(15)16)14(2)3/h5-7,11H,4H2,1-3H3,(H,15,16). The number of likely N-dealkylation sites (N-methyl/N-ethyl adjacent to an activating group) is 1. The van der Waals surface area contributed by atoms with E-state index < -0.39 is 12.0 Å². The maximum atomic E-state index is 11.1. The molecule has 0 aromatic heterocycles. The van der Waals surface area contributed by atoms with Gasteiger partial charge >= 0.3 is 5.97 Å². The van der Waals surface area contributed by atoms with Gasteiger partial charge in [-0.2, -0.15) is 0 Å². The molecule has 0 radical (unpaired) electrons. The van der Waals surface area contributed by atoms with Crippen LogP contribution in [0.3, 0.4) is 0 Å². The number of halogens is 1. The Morgan fingerprint density at radius 2 is 2.18 bits per heavy atom. The van der Waals surface area contributed by atoms with Crippen molar-refractivity contribution >= 4 is 17.6 Å². The second kappa shape index (κ2) is 5.89. The molecule has 1 unspecified atom stereocenters. The number of rotatable bonds is 5. The minimum Gasteiger partial charge on any atom is -0.492 e. The minimum absolute atomic E-state index is 0.428. The number of hydrogen-bond acceptors (Lipinski definition) is 3. The van der Waals surface area contributed by atoms with Gasteiger partial charge in [0.05, 0.1) is 11.6 Å². The Hall–Kier alpha value is -1.26. The number of nitrogens with zero attached hydrogens (tertiary/aromatic N) is 1. The van der Waals surface area contributed by atoms with E-state index in [1.807, 2.05) is 6.92 Å². The summed E-state index contributed by atoms with van der Waals surface area (Å²) in [6.07, 6.45) is 0. The molecule has 0 aliphatic heterocycles. The van der Waals surface area contributed by atoms with E-state index in [1.54, 1.807) is 37.2 Å². The predicted molar refractivity (Wildman–Crippen MR) is 66.7 cm³/mol. The van der Waals surface area contributed by atoms with Gasteiger partial charge in [0.2, 0.25) is 0 Å². The minimum atomic E-state index is -0.907. The smallest absolute Gasteiger partial charge is 0.325 e. The first kappa shape index (κ1) is 13.8. The number of carbonyl (C=O) groups is 1. The van der Waals surface area contributed by atoms with Crippen molar-refractivity contribution in [3.8, 4) is 5.75 Å². The molecule has 0 amide bonds. The first-order valence-corrected chi connectivity index (χ1v) is 5.66. The number of carboxylic acid groups (broad SMARTS) is 1. The van der Waals surface area contributed by atoms with Crippen molar-refractivity contribution in [2.45, 2.75) is 13.0 Å². The van der Waals surface area contributed by atoms with Crippen molar-refractivity contribution in [2.75, 3.05) is 20.7 Å². The Morgan fingerprint density at radius 3 is 2.59 bits per heavy atom. The Kier molecular flexibility index (Phi) is 4.78. The molecule has 1 aromatic carbocycles. The van der Waals surface area contributed by atoms with Crippen molar-refractivity contribution in [1.29, 1.82) is 0 Å². The summed E-state index contributed by atoms with van der Waals surface area (Å²) in [6, 6.07) is 4.34. The van der Waals surface area contributed by atoms with Gasteiger partial charge < -0.3 is 9.84 Å². The van der Waals surface area contributed by atoms with E-state index in [4.69, 9.17) is 21.4 Å². The van der Waals surface area contributed by atoms with E-state index >= 15 is 0 Å². The summed E-state index contributed by atoms with van der Waals surface area (Å²) in [5.74, 6) is -0.337. The fourth-order valence-electron chi connectivity index (χ4n) is 1.62. The van der Waals surface area contributed by atoms with Crippen LogP contribution in [-0.4, -0.2) is 36.7 Å². The molecule has 0 spiro atoms. The molecule has 0 aliphatic rings. The zero-order valence-corrected chi connectivity index (χ0v) is 10.9. The highest BCUT2D eigenvalue weighted by atomic mass is 35.5. The van der Waals surface area contributed by atoms with Crippen LogP contribution in [0.5, 0.6) is 5.75 Å². The number of ether oxygens (including phenoxy) is 1. The normalized spacial score (nSPS) is 12.5. The Bertz CT molecular complexity index is 407. The Labute approximate surface area is 106 Å². The van der Waals surface area contributed by atoms with Gasteiger partial charge in [0.1, 0.15) is 11.8 Å². The predicted octanol–water partition coefficient (Wildman–Crippen LogP) is 2.43. The molecular weight excluding hydrogens is 242 g/mol. The third-order valence-electron chi connectivity index (χ3n) is 2.32. The van der Waals surface area contributed by atoms with Crippen LogP contribution in [0.15, 0.2) is 18.2 Å². The molecule has 4 nitrogen and oxygen atoms in total. The van der Waals surface area contributed by atoms with Crippen LogP contribution in [0.1, 0.15) is 18.5 Å². The summed E-state index contributed by atoms with van der Waals surface area (Å²) in [6.45, 7) is 2.39. The van der Waals surface area contributed by atoms with Gasteiger partial charge in [-0.05, 0) is 38.7 Å². The van der Waals surface area contributed by atoms with Crippen LogP contribution in [0.2, 0.25) is 5.02 Å². The SMILES string of the molecule is CCOc1ccc(C(C(=O)O)N(C)C)cc1Cl. The van der Waals surface area contributed by atoms with Gasteiger partial charge in [-0.15, -0.1) is 0 Å². The van der Waals surface area contributed by atoms with Crippen LogP contribution in [0, 0.1) is 0 Å². The average molecular weight is 258 g/mol. The first-order chi connectivity index (χ1) is 7.97. The van der Waals surface area contributed by atoms with Crippen molar-refractivity contribution in [1.82, 2.24) is 4.90 Å². The highest BCUT2D eigenvalue weighted by Crippen LogP contribution is 2.29. The lowest BCUT2D eigenvalue weighted by molar-refractivity contribution is -0.142. The molecular formula is C12H16ClNO3. The van der Waals surface area contributed by atoms with E-state index in [0.717, 1.165) is 0 Å². The second-order valence-corrected chi connectivity index (χ2v) is 4.23. The van der Waals surface area contributed by atoms with Gasteiger partial charge in [-0.25, -0.2) is 0 Å². The largest absolute Gasteiger partial charge is 0.492 e.